The molecule has 1 saturated carbocycles. The van der Waals surface area contributed by atoms with Crippen molar-refractivity contribution >= 4 is 11.8 Å². The maximum absolute atomic E-state index is 12.7. The molecule has 0 aliphatic heterocycles. The second-order valence-corrected chi connectivity index (χ2v) is 7.59. The Labute approximate surface area is 167 Å². The van der Waals surface area contributed by atoms with Crippen LogP contribution >= 0.6 is 0 Å². The molecule has 0 radical (unpaired) electrons. The van der Waals surface area contributed by atoms with Crippen molar-refractivity contribution in [2.45, 2.75) is 58.0 Å². The second kappa shape index (κ2) is 10.9. The molecule has 1 atom stereocenters. The van der Waals surface area contributed by atoms with Gasteiger partial charge in [-0.25, -0.2) is 0 Å². The van der Waals surface area contributed by atoms with Crippen molar-refractivity contribution in [1.29, 1.82) is 0 Å². The maximum Gasteiger partial charge on any atom is 0.258 e. The van der Waals surface area contributed by atoms with Crippen LogP contribution in [0.25, 0.3) is 0 Å². The fourth-order valence-electron chi connectivity index (χ4n) is 3.59. The summed E-state index contributed by atoms with van der Waals surface area (Å²) in [5.41, 5.74) is 6.39. The number of nitrogens with one attached hydrogen (secondary N) is 2. The van der Waals surface area contributed by atoms with Crippen LogP contribution in [-0.2, 0) is 4.79 Å². The number of benzene rings is 1. The van der Waals surface area contributed by atoms with Crippen LogP contribution in [0.1, 0.15) is 56.3 Å². The van der Waals surface area contributed by atoms with Crippen molar-refractivity contribution in [2.24, 2.45) is 11.7 Å². The Morgan fingerprint density at radius 1 is 1.14 bits per heavy atom. The summed E-state index contributed by atoms with van der Waals surface area (Å²) in [5, 5.41) is 5.83. The number of hydrogen-bond acceptors (Lipinski definition) is 5. The summed E-state index contributed by atoms with van der Waals surface area (Å²) in [7, 11) is 1.50. The Hall–Kier alpha value is -2.28. The summed E-state index contributed by atoms with van der Waals surface area (Å²) < 4.78 is 10.9. The molecular weight excluding hydrogens is 358 g/mol. The van der Waals surface area contributed by atoms with Crippen molar-refractivity contribution < 1.29 is 19.1 Å². The van der Waals surface area contributed by atoms with E-state index in [-0.39, 0.29) is 30.5 Å². The van der Waals surface area contributed by atoms with E-state index in [0.29, 0.717) is 29.5 Å². The second-order valence-electron chi connectivity index (χ2n) is 7.59. The molecule has 7 nitrogen and oxygen atoms in total. The summed E-state index contributed by atoms with van der Waals surface area (Å²) in [6.45, 7) is 4.08. The minimum atomic E-state index is -0.211. The van der Waals surface area contributed by atoms with Crippen LogP contribution in [0.3, 0.4) is 0 Å². The SMILES string of the molecule is COc1cc(C(=O)NC(CN)C2CCCCC2)ccc1OCC(=O)NC(C)C. The van der Waals surface area contributed by atoms with Crippen molar-refractivity contribution in [3.63, 3.8) is 0 Å². The number of amides is 2. The van der Waals surface area contributed by atoms with Gasteiger partial charge in [-0.15, -0.1) is 0 Å². The lowest BCUT2D eigenvalue weighted by molar-refractivity contribution is -0.123. The van der Waals surface area contributed by atoms with Crippen molar-refractivity contribution in [3.05, 3.63) is 23.8 Å². The van der Waals surface area contributed by atoms with E-state index in [2.05, 4.69) is 10.6 Å². The monoisotopic (exact) mass is 391 g/mol. The zero-order valence-electron chi connectivity index (χ0n) is 17.1. The number of methoxy groups -OCH3 is 1. The molecule has 1 unspecified atom stereocenters. The molecule has 7 heteroatoms. The Morgan fingerprint density at radius 2 is 1.86 bits per heavy atom. The van der Waals surface area contributed by atoms with Crippen LogP contribution in [0, 0.1) is 5.92 Å². The molecule has 156 valence electrons. The maximum atomic E-state index is 12.7. The van der Waals surface area contributed by atoms with E-state index in [1.54, 1.807) is 18.2 Å². The Bertz CT molecular complexity index is 657. The Kier molecular flexibility index (Phi) is 8.57. The van der Waals surface area contributed by atoms with E-state index in [0.717, 1.165) is 12.8 Å². The van der Waals surface area contributed by atoms with E-state index in [9.17, 15) is 9.59 Å². The summed E-state index contributed by atoms with van der Waals surface area (Å²) in [4.78, 5) is 24.4. The molecule has 1 aromatic rings. The first-order valence-electron chi connectivity index (χ1n) is 10.1. The van der Waals surface area contributed by atoms with Gasteiger partial charge < -0.3 is 25.8 Å². The van der Waals surface area contributed by atoms with Crippen LogP contribution in [0.4, 0.5) is 0 Å². The average molecular weight is 392 g/mol. The molecule has 28 heavy (non-hydrogen) atoms. The molecular formula is C21H33N3O4. The number of hydrogen-bond donors (Lipinski definition) is 3. The molecule has 2 rings (SSSR count). The third-order valence-electron chi connectivity index (χ3n) is 5.02. The molecule has 1 fully saturated rings. The number of ether oxygens (including phenoxy) is 2. The third kappa shape index (κ3) is 6.41. The summed E-state index contributed by atoms with van der Waals surface area (Å²) in [6, 6.07) is 4.97. The minimum absolute atomic E-state index is 0.0190. The van der Waals surface area contributed by atoms with Gasteiger partial charge in [-0.3, -0.25) is 9.59 Å². The highest BCUT2D eigenvalue weighted by Crippen LogP contribution is 2.29. The van der Waals surface area contributed by atoms with Gasteiger partial charge in [-0.1, -0.05) is 19.3 Å². The lowest BCUT2D eigenvalue weighted by atomic mass is 9.84. The molecule has 0 aromatic heterocycles. The quantitative estimate of drug-likeness (QED) is 0.599. The van der Waals surface area contributed by atoms with Crippen LogP contribution < -0.4 is 25.8 Å². The molecule has 0 saturated heterocycles. The fourth-order valence-corrected chi connectivity index (χ4v) is 3.59. The first-order chi connectivity index (χ1) is 13.4. The van der Waals surface area contributed by atoms with Gasteiger partial charge in [0.1, 0.15) is 0 Å². The van der Waals surface area contributed by atoms with E-state index >= 15 is 0 Å². The highest BCUT2D eigenvalue weighted by atomic mass is 16.5. The van der Waals surface area contributed by atoms with E-state index in [1.165, 1.54) is 26.4 Å². The number of carbonyl (C=O) groups excluding carboxylic acids is 2. The molecule has 1 aliphatic rings. The molecule has 0 spiro atoms. The summed E-state index contributed by atoms with van der Waals surface area (Å²) in [6.07, 6.45) is 5.87. The highest BCUT2D eigenvalue weighted by Gasteiger charge is 2.24. The lowest BCUT2D eigenvalue weighted by Crippen LogP contribution is -2.45. The van der Waals surface area contributed by atoms with Gasteiger partial charge in [0.05, 0.1) is 7.11 Å². The van der Waals surface area contributed by atoms with Gasteiger partial charge in [0.15, 0.2) is 18.1 Å². The van der Waals surface area contributed by atoms with Gasteiger partial charge in [0.25, 0.3) is 11.8 Å². The van der Waals surface area contributed by atoms with Gasteiger partial charge in [0, 0.05) is 24.2 Å². The predicted molar refractivity (Wildman–Crippen MR) is 109 cm³/mol. The molecule has 2 amide bonds. The van der Waals surface area contributed by atoms with Gasteiger partial charge in [-0.2, -0.15) is 0 Å². The van der Waals surface area contributed by atoms with Crippen LogP contribution in [0.2, 0.25) is 0 Å². The fraction of sp³-hybridized carbons (Fsp3) is 0.619. The van der Waals surface area contributed by atoms with Gasteiger partial charge in [0.2, 0.25) is 0 Å². The number of nitrogens with two attached hydrogens (primary N) is 1. The molecule has 0 heterocycles. The summed E-state index contributed by atoms with van der Waals surface area (Å²) >= 11 is 0. The first-order valence-corrected chi connectivity index (χ1v) is 10.1. The van der Waals surface area contributed by atoms with Crippen molar-refractivity contribution in [1.82, 2.24) is 10.6 Å². The average Bonchev–Trinajstić information content (AvgIpc) is 2.70. The Balaban J connectivity index is 2.00. The molecule has 1 aliphatic carbocycles. The van der Waals surface area contributed by atoms with Crippen molar-refractivity contribution in [2.75, 3.05) is 20.3 Å². The topological polar surface area (TPSA) is 103 Å². The largest absolute Gasteiger partial charge is 0.493 e. The Morgan fingerprint density at radius 3 is 2.46 bits per heavy atom. The zero-order valence-corrected chi connectivity index (χ0v) is 17.1. The van der Waals surface area contributed by atoms with E-state index in [1.807, 2.05) is 13.8 Å². The lowest BCUT2D eigenvalue weighted by Gasteiger charge is -2.30. The molecule has 1 aromatic carbocycles. The normalized spacial score (nSPS) is 15.8. The summed E-state index contributed by atoms with van der Waals surface area (Å²) in [5.74, 6) is 0.875. The van der Waals surface area contributed by atoms with Gasteiger partial charge >= 0.3 is 0 Å². The minimum Gasteiger partial charge on any atom is -0.493 e. The van der Waals surface area contributed by atoms with Gasteiger partial charge in [-0.05, 0) is 50.8 Å². The standard InChI is InChI=1S/C21H33N3O4/c1-14(2)23-20(25)13-28-18-10-9-16(11-19(18)27-3)21(26)24-17(12-22)15-7-5-4-6-8-15/h9-11,14-15,17H,4-8,12-13,22H2,1-3H3,(H,23,25)(H,24,26). The van der Waals surface area contributed by atoms with Crippen LogP contribution in [-0.4, -0.2) is 44.2 Å². The molecule has 0 bridgehead atoms. The van der Waals surface area contributed by atoms with Crippen molar-refractivity contribution in [3.8, 4) is 11.5 Å². The van der Waals surface area contributed by atoms with Crippen LogP contribution in [0.15, 0.2) is 18.2 Å². The predicted octanol–water partition coefficient (Wildman–Crippen LogP) is 2.24. The molecule has 4 N–H and O–H groups in total. The van der Waals surface area contributed by atoms with E-state index < -0.39 is 0 Å². The smallest absolute Gasteiger partial charge is 0.258 e. The number of carbonyl (C=O) groups is 2. The third-order valence-corrected chi connectivity index (χ3v) is 5.02. The highest BCUT2D eigenvalue weighted by molar-refractivity contribution is 5.95. The van der Waals surface area contributed by atoms with E-state index in [4.69, 9.17) is 15.2 Å². The number of rotatable bonds is 9. The first kappa shape index (κ1) is 22.0. The van der Waals surface area contributed by atoms with Crippen LogP contribution in [0.5, 0.6) is 11.5 Å². The zero-order chi connectivity index (χ0) is 20.5.